The van der Waals surface area contributed by atoms with Crippen LogP contribution in [-0.4, -0.2) is 11.6 Å². The molecule has 0 saturated carbocycles. The van der Waals surface area contributed by atoms with Gasteiger partial charge in [0.2, 0.25) is 0 Å². The number of carbonyl (C=O) groups is 2. The van der Waals surface area contributed by atoms with Crippen LogP contribution in [0.5, 0.6) is 0 Å². The van der Waals surface area contributed by atoms with Crippen molar-refractivity contribution < 1.29 is 9.59 Å². The van der Waals surface area contributed by atoms with E-state index in [4.69, 9.17) is 0 Å². The number of benzene rings is 2. The highest BCUT2D eigenvalue weighted by molar-refractivity contribution is 6.14. The van der Waals surface area contributed by atoms with E-state index in [2.05, 4.69) is 0 Å². The predicted octanol–water partition coefficient (Wildman–Crippen LogP) is 5.35. The van der Waals surface area contributed by atoms with Crippen LogP contribution in [0.3, 0.4) is 0 Å². The molecule has 0 bridgehead atoms. The van der Waals surface area contributed by atoms with E-state index < -0.39 is 0 Å². The Morgan fingerprint density at radius 1 is 0.760 bits per heavy atom. The molecule has 1 aliphatic rings. The molecule has 0 atom stereocenters. The third-order valence-electron chi connectivity index (χ3n) is 4.42. The Bertz CT molecular complexity index is 898. The van der Waals surface area contributed by atoms with E-state index in [9.17, 15) is 9.59 Å². The molecule has 0 spiro atoms. The van der Waals surface area contributed by atoms with E-state index >= 15 is 0 Å². The molecule has 0 radical (unpaired) electrons. The monoisotopic (exact) mass is 328 g/mol. The molecule has 3 rings (SSSR count). The predicted molar refractivity (Wildman–Crippen MR) is 101 cm³/mol. The zero-order valence-corrected chi connectivity index (χ0v) is 14.5. The minimum absolute atomic E-state index is 0.000685. The summed E-state index contributed by atoms with van der Waals surface area (Å²) in [5, 5.41) is 0. The molecule has 0 heterocycles. The van der Waals surface area contributed by atoms with Crippen molar-refractivity contribution in [1.82, 2.24) is 0 Å². The number of Topliss-reactive ketones (excluding diaryl/α,β-unsaturated/α-hetero) is 2. The lowest BCUT2D eigenvalue weighted by Gasteiger charge is -2.07. The lowest BCUT2D eigenvalue weighted by atomic mass is 9.95. The minimum Gasteiger partial charge on any atom is -0.289 e. The van der Waals surface area contributed by atoms with E-state index in [1.807, 2.05) is 86.7 Å². The van der Waals surface area contributed by atoms with Gasteiger partial charge < -0.3 is 0 Å². The first-order chi connectivity index (χ1) is 12.1. The smallest absolute Gasteiger partial charge is 0.192 e. The third kappa shape index (κ3) is 3.58. The average molecular weight is 328 g/mol. The van der Waals surface area contributed by atoms with Gasteiger partial charge in [0.1, 0.15) is 0 Å². The van der Waals surface area contributed by atoms with Crippen molar-refractivity contribution in [2.75, 3.05) is 0 Å². The number of hydrogen-bond acceptors (Lipinski definition) is 2. The van der Waals surface area contributed by atoms with Crippen LogP contribution in [-0.2, 0) is 0 Å². The highest BCUT2D eigenvalue weighted by atomic mass is 16.1. The van der Waals surface area contributed by atoms with Crippen molar-refractivity contribution in [2.45, 2.75) is 20.3 Å². The molecule has 0 saturated heterocycles. The fourth-order valence-electron chi connectivity index (χ4n) is 2.96. The molecule has 2 aromatic rings. The van der Waals surface area contributed by atoms with Crippen LogP contribution in [0.25, 0.3) is 0 Å². The molecule has 2 heteroatoms. The molecule has 0 aliphatic heterocycles. The lowest BCUT2D eigenvalue weighted by Crippen LogP contribution is -2.06. The first-order valence-corrected chi connectivity index (χ1v) is 8.36. The van der Waals surface area contributed by atoms with Crippen molar-refractivity contribution in [3.05, 3.63) is 106 Å². The summed E-state index contributed by atoms with van der Waals surface area (Å²) in [5.41, 5.74) is 4.47. The van der Waals surface area contributed by atoms with Gasteiger partial charge in [-0.15, -0.1) is 0 Å². The van der Waals surface area contributed by atoms with E-state index in [0.29, 0.717) is 28.7 Å². The van der Waals surface area contributed by atoms with Crippen LogP contribution in [0.15, 0.2) is 95.1 Å². The summed E-state index contributed by atoms with van der Waals surface area (Å²) >= 11 is 0. The summed E-state index contributed by atoms with van der Waals surface area (Å²) in [7, 11) is 0. The lowest BCUT2D eigenvalue weighted by molar-refractivity contribution is 0.102. The maximum absolute atomic E-state index is 12.8. The standard InChI is InChI=1S/C23H20O2/c1-16-13-14-20(22(24)18-9-5-3-6-10-18)17(2)15-21(16)23(25)19-11-7-4-8-12-19/h3-12,14-15H,13H2,1-2H3. The quantitative estimate of drug-likeness (QED) is 0.709. The Morgan fingerprint density at radius 2 is 1.28 bits per heavy atom. The van der Waals surface area contributed by atoms with Crippen LogP contribution in [0.4, 0.5) is 0 Å². The molecule has 0 amide bonds. The second-order valence-corrected chi connectivity index (χ2v) is 6.23. The zero-order chi connectivity index (χ0) is 17.8. The molecule has 2 aromatic carbocycles. The maximum atomic E-state index is 12.8. The van der Waals surface area contributed by atoms with E-state index in [1.165, 1.54) is 0 Å². The van der Waals surface area contributed by atoms with Gasteiger partial charge in [-0.1, -0.05) is 72.3 Å². The second-order valence-electron chi connectivity index (χ2n) is 6.23. The van der Waals surface area contributed by atoms with Gasteiger partial charge in [0.05, 0.1) is 0 Å². The van der Waals surface area contributed by atoms with Gasteiger partial charge in [0.15, 0.2) is 11.6 Å². The van der Waals surface area contributed by atoms with Crippen LogP contribution < -0.4 is 0 Å². The molecule has 25 heavy (non-hydrogen) atoms. The molecule has 124 valence electrons. The first-order valence-electron chi connectivity index (χ1n) is 8.36. The summed E-state index contributed by atoms with van der Waals surface area (Å²) < 4.78 is 0. The molecule has 1 aliphatic carbocycles. The van der Waals surface area contributed by atoms with Crippen molar-refractivity contribution in [2.24, 2.45) is 0 Å². The van der Waals surface area contributed by atoms with Crippen molar-refractivity contribution in [1.29, 1.82) is 0 Å². The Hall–Kier alpha value is -3.00. The number of rotatable bonds is 4. The summed E-state index contributed by atoms with van der Waals surface area (Å²) in [6.07, 6.45) is 4.38. The molecular weight excluding hydrogens is 308 g/mol. The Balaban J connectivity index is 1.94. The fraction of sp³-hybridized carbons (Fsp3) is 0.130. The zero-order valence-electron chi connectivity index (χ0n) is 14.5. The van der Waals surface area contributed by atoms with Gasteiger partial charge in [0, 0.05) is 22.3 Å². The average Bonchev–Trinajstić information content (AvgIpc) is 2.80. The Labute approximate surface area is 148 Å². The van der Waals surface area contributed by atoms with Crippen LogP contribution >= 0.6 is 0 Å². The van der Waals surface area contributed by atoms with Crippen LogP contribution in [0.1, 0.15) is 41.0 Å². The molecule has 0 fully saturated rings. The van der Waals surface area contributed by atoms with E-state index in [1.54, 1.807) is 0 Å². The molecular formula is C23H20O2. The topological polar surface area (TPSA) is 34.1 Å². The van der Waals surface area contributed by atoms with Gasteiger partial charge >= 0.3 is 0 Å². The summed E-state index contributed by atoms with van der Waals surface area (Å²) in [5.74, 6) is -0.00480. The minimum atomic E-state index is -0.00411. The fourth-order valence-corrected chi connectivity index (χ4v) is 2.96. The largest absolute Gasteiger partial charge is 0.289 e. The summed E-state index contributed by atoms with van der Waals surface area (Å²) in [6, 6.07) is 18.5. The third-order valence-corrected chi connectivity index (χ3v) is 4.42. The number of hydrogen-bond donors (Lipinski definition) is 0. The number of ketones is 2. The SMILES string of the molecule is CC1=CC(C(=O)c2ccccc2)=C(C)CC=C1C(=O)c1ccccc1. The van der Waals surface area contributed by atoms with Crippen LogP contribution in [0, 0.1) is 0 Å². The van der Waals surface area contributed by atoms with E-state index in [-0.39, 0.29) is 11.6 Å². The first kappa shape index (κ1) is 16.8. The second kappa shape index (κ2) is 7.27. The van der Waals surface area contributed by atoms with Gasteiger partial charge in [-0.3, -0.25) is 9.59 Å². The van der Waals surface area contributed by atoms with Crippen molar-refractivity contribution in [3.63, 3.8) is 0 Å². The summed E-state index contributed by atoms with van der Waals surface area (Å²) in [4.78, 5) is 25.6. The van der Waals surface area contributed by atoms with Gasteiger partial charge in [-0.05, 0) is 31.9 Å². The maximum Gasteiger partial charge on any atom is 0.192 e. The van der Waals surface area contributed by atoms with Gasteiger partial charge in [-0.2, -0.15) is 0 Å². The van der Waals surface area contributed by atoms with E-state index in [0.717, 1.165) is 11.1 Å². The number of carbonyl (C=O) groups excluding carboxylic acids is 2. The Morgan fingerprint density at radius 3 is 1.84 bits per heavy atom. The van der Waals surface area contributed by atoms with Crippen molar-refractivity contribution in [3.8, 4) is 0 Å². The highest BCUT2D eigenvalue weighted by Gasteiger charge is 2.20. The number of allylic oxidation sites excluding steroid dienone is 6. The highest BCUT2D eigenvalue weighted by Crippen LogP contribution is 2.27. The summed E-state index contributed by atoms with van der Waals surface area (Å²) in [6.45, 7) is 3.84. The normalized spacial score (nSPS) is 14.5. The van der Waals surface area contributed by atoms with Crippen molar-refractivity contribution >= 4 is 11.6 Å². The molecule has 0 N–H and O–H groups in total. The van der Waals surface area contributed by atoms with Gasteiger partial charge in [0.25, 0.3) is 0 Å². The van der Waals surface area contributed by atoms with Gasteiger partial charge in [-0.25, -0.2) is 0 Å². The molecule has 2 nitrogen and oxygen atoms in total. The Kier molecular flexibility index (Phi) is 4.90. The van der Waals surface area contributed by atoms with Crippen LogP contribution in [0.2, 0.25) is 0 Å². The molecule has 0 aromatic heterocycles. The molecule has 0 unspecified atom stereocenters.